The van der Waals surface area contributed by atoms with Gasteiger partial charge >= 0.3 is 5.97 Å². The molecule has 5 heteroatoms. The van der Waals surface area contributed by atoms with E-state index in [-0.39, 0.29) is 27.9 Å². The van der Waals surface area contributed by atoms with Crippen LogP contribution in [0.4, 0.5) is 0 Å². The molecule has 4 nitrogen and oxygen atoms in total. The van der Waals surface area contributed by atoms with Crippen molar-refractivity contribution in [1.29, 1.82) is 0 Å². The molecule has 1 N–H and O–H groups in total. The maximum Gasteiger partial charge on any atom is 0.336 e. The molecule has 1 aliphatic rings. The summed E-state index contributed by atoms with van der Waals surface area (Å²) < 4.78 is 12.8. The van der Waals surface area contributed by atoms with E-state index < -0.39 is 15.0 Å². The van der Waals surface area contributed by atoms with Crippen LogP contribution in [0.25, 0.3) is 11.1 Å². The van der Waals surface area contributed by atoms with Gasteiger partial charge in [0.25, 0.3) is 0 Å². The van der Waals surface area contributed by atoms with Gasteiger partial charge < -0.3 is 14.3 Å². The van der Waals surface area contributed by atoms with Gasteiger partial charge in [0.1, 0.15) is 12.4 Å². The van der Waals surface area contributed by atoms with Crippen LogP contribution >= 0.6 is 0 Å². The molecule has 0 radical (unpaired) electrons. The van der Waals surface area contributed by atoms with Gasteiger partial charge in [0.15, 0.2) is 9.04 Å². The van der Waals surface area contributed by atoms with E-state index in [1.165, 1.54) is 23.1 Å². The summed E-state index contributed by atoms with van der Waals surface area (Å²) in [6, 6.07) is 20.2. The number of fused-ring (bicyclic) bond motifs is 1. The largest absolute Gasteiger partial charge is 0.488 e. The van der Waals surface area contributed by atoms with E-state index in [9.17, 15) is 9.90 Å². The highest BCUT2D eigenvalue weighted by molar-refractivity contribution is 6.48. The molecule has 0 fully saturated rings. The summed E-state index contributed by atoms with van der Waals surface area (Å²) in [6.07, 6.45) is 3.29. The Labute approximate surface area is 248 Å². The average molecular weight is 573 g/mol. The summed E-state index contributed by atoms with van der Waals surface area (Å²) in [5, 5.41) is 10.1. The number of carboxylic acids is 1. The van der Waals surface area contributed by atoms with Gasteiger partial charge in [-0.3, -0.25) is 0 Å². The Balaban J connectivity index is 1.62. The second kappa shape index (κ2) is 11.8. The molecule has 1 unspecified atom stereocenters. The quantitative estimate of drug-likeness (QED) is 0.260. The summed E-state index contributed by atoms with van der Waals surface area (Å²) in [4.78, 5) is 12.3. The Kier molecular flexibility index (Phi) is 8.92. The molecule has 4 rings (SSSR count). The van der Waals surface area contributed by atoms with Crippen LogP contribution in [-0.2, 0) is 28.3 Å². The minimum absolute atomic E-state index is 0.0362. The van der Waals surface area contributed by atoms with Gasteiger partial charge in [-0.25, -0.2) is 4.79 Å². The number of aromatic carboxylic acids is 1. The molecule has 0 heterocycles. The van der Waals surface area contributed by atoms with Crippen LogP contribution < -0.4 is 4.74 Å². The number of hydrogen-bond donors (Lipinski definition) is 1. The van der Waals surface area contributed by atoms with Crippen molar-refractivity contribution in [3.8, 4) is 16.9 Å². The van der Waals surface area contributed by atoms with Crippen molar-refractivity contribution in [2.75, 3.05) is 0 Å². The summed E-state index contributed by atoms with van der Waals surface area (Å²) >= 11 is 0. The van der Waals surface area contributed by atoms with Crippen LogP contribution in [-0.4, -0.2) is 26.2 Å². The van der Waals surface area contributed by atoms with E-state index in [1.807, 2.05) is 18.2 Å². The number of rotatable bonds is 9. The second-order valence-electron chi connectivity index (χ2n) is 14.4. The highest BCUT2D eigenvalue weighted by Crippen LogP contribution is 2.46. The topological polar surface area (TPSA) is 55.8 Å². The maximum atomic E-state index is 12.3. The zero-order valence-electron chi connectivity index (χ0n) is 26.4. The number of ether oxygens (including phenoxy) is 1. The zero-order valence-corrected chi connectivity index (χ0v) is 27.6. The molecule has 1 aliphatic carbocycles. The lowest BCUT2D eigenvalue weighted by atomic mass is 9.63. The molecule has 220 valence electrons. The molecule has 1 atom stereocenters. The molecule has 0 amide bonds. The van der Waals surface area contributed by atoms with Gasteiger partial charge in [0.05, 0.1) is 11.7 Å². The average Bonchev–Trinajstić information content (AvgIpc) is 2.89. The van der Waals surface area contributed by atoms with Gasteiger partial charge in [-0.1, -0.05) is 97.0 Å². The molecule has 3 aromatic rings. The summed E-state index contributed by atoms with van der Waals surface area (Å²) in [5.41, 5.74) is 7.09. The molecule has 0 aromatic heterocycles. The predicted octanol–water partition coefficient (Wildman–Crippen LogP) is 8.94. The van der Waals surface area contributed by atoms with Gasteiger partial charge in [-0.2, -0.15) is 0 Å². The molecule has 0 saturated carbocycles. The van der Waals surface area contributed by atoms with Crippen LogP contribution in [0.3, 0.4) is 0 Å². The van der Waals surface area contributed by atoms with Crippen molar-refractivity contribution in [3.63, 3.8) is 0 Å². The first-order valence-corrected chi connectivity index (χ1v) is 17.7. The van der Waals surface area contributed by atoms with Crippen LogP contribution in [0.1, 0.15) is 93.9 Å². The minimum Gasteiger partial charge on any atom is -0.488 e. The third kappa shape index (κ3) is 7.13. The highest BCUT2D eigenvalue weighted by Gasteiger charge is 2.37. The Hall–Kier alpha value is -2.89. The van der Waals surface area contributed by atoms with Crippen molar-refractivity contribution in [3.05, 3.63) is 88.5 Å². The third-order valence-corrected chi connectivity index (χ3v) is 9.51. The Bertz CT molecular complexity index is 1380. The Morgan fingerprint density at radius 3 is 2.10 bits per heavy atom. The van der Waals surface area contributed by atoms with Crippen LogP contribution in [0.15, 0.2) is 60.7 Å². The molecule has 0 spiro atoms. The van der Waals surface area contributed by atoms with Gasteiger partial charge in [0.2, 0.25) is 0 Å². The van der Waals surface area contributed by atoms with Crippen molar-refractivity contribution in [1.82, 2.24) is 0 Å². The predicted molar refractivity (Wildman–Crippen MR) is 172 cm³/mol. The van der Waals surface area contributed by atoms with Crippen molar-refractivity contribution >= 4 is 15.0 Å². The van der Waals surface area contributed by atoms with Crippen molar-refractivity contribution in [2.24, 2.45) is 5.41 Å². The van der Waals surface area contributed by atoms with E-state index in [4.69, 9.17) is 9.16 Å². The third-order valence-electron chi connectivity index (χ3n) is 8.63. The highest BCUT2D eigenvalue weighted by atomic mass is 28.3. The minimum atomic E-state index is -1.19. The number of benzene rings is 3. The van der Waals surface area contributed by atoms with E-state index in [0.29, 0.717) is 17.9 Å². The standard InChI is InChI=1S/C36H48O4Si/c1-34(2,3)31(40-41(8)9)22-24-13-16-26(17-14-24)32-27(33(37)38)11-10-12-30(32)39-23-25-15-18-28-29(21-25)36(6,7)20-19-35(28,4)5/h10-18,21,31,41H,19-20,22-23H2,1-9H3,(H,37,38). The van der Waals surface area contributed by atoms with Gasteiger partial charge in [-0.15, -0.1) is 0 Å². The second-order valence-corrected chi connectivity index (χ2v) is 16.7. The fourth-order valence-electron chi connectivity index (χ4n) is 5.92. The maximum absolute atomic E-state index is 12.3. The van der Waals surface area contributed by atoms with E-state index in [1.54, 1.807) is 12.1 Å². The summed E-state index contributed by atoms with van der Waals surface area (Å²) in [5.74, 6) is -0.382. The molecule has 0 saturated heterocycles. The van der Waals surface area contributed by atoms with E-state index in [0.717, 1.165) is 24.0 Å². The van der Waals surface area contributed by atoms with E-state index >= 15 is 0 Å². The molecule has 3 aromatic carbocycles. The first-order valence-electron chi connectivity index (χ1n) is 15.0. The SMILES string of the molecule is C[SiH](C)OC(Cc1ccc(-c2c(OCc3ccc4c(c3)C(C)(C)CCC4(C)C)cccc2C(=O)O)cc1)C(C)(C)C. The summed E-state index contributed by atoms with van der Waals surface area (Å²) in [7, 11) is -1.19. The fraction of sp³-hybridized carbons (Fsp3) is 0.472. The molecular formula is C36H48O4Si. The molecule has 0 bridgehead atoms. The van der Waals surface area contributed by atoms with Crippen LogP contribution in [0, 0.1) is 5.41 Å². The van der Waals surface area contributed by atoms with Gasteiger partial charge in [0, 0.05) is 5.56 Å². The summed E-state index contributed by atoms with van der Waals surface area (Å²) in [6.45, 7) is 20.8. The van der Waals surface area contributed by atoms with Gasteiger partial charge in [-0.05, 0) is 88.6 Å². The van der Waals surface area contributed by atoms with Crippen LogP contribution in [0.5, 0.6) is 5.75 Å². The molecule has 0 aliphatic heterocycles. The first-order chi connectivity index (χ1) is 19.1. The fourth-order valence-corrected chi connectivity index (χ4v) is 7.08. The van der Waals surface area contributed by atoms with Crippen molar-refractivity contribution < 1.29 is 19.1 Å². The lowest BCUT2D eigenvalue weighted by molar-refractivity contribution is 0.0697. The number of hydrogen-bond acceptors (Lipinski definition) is 3. The molecular weight excluding hydrogens is 524 g/mol. The Morgan fingerprint density at radius 2 is 1.51 bits per heavy atom. The molecule has 41 heavy (non-hydrogen) atoms. The van der Waals surface area contributed by atoms with E-state index in [2.05, 4.69) is 91.9 Å². The van der Waals surface area contributed by atoms with Crippen molar-refractivity contribution in [2.45, 2.75) is 104 Å². The first kappa shape index (κ1) is 31.1. The lowest BCUT2D eigenvalue weighted by Crippen LogP contribution is -2.35. The Morgan fingerprint density at radius 1 is 0.902 bits per heavy atom. The number of carbonyl (C=O) groups is 1. The lowest BCUT2D eigenvalue weighted by Gasteiger charge is -2.42. The monoisotopic (exact) mass is 572 g/mol. The smallest absolute Gasteiger partial charge is 0.336 e. The number of carboxylic acid groups (broad SMARTS) is 1. The zero-order chi connectivity index (χ0) is 30.2. The van der Waals surface area contributed by atoms with Crippen LogP contribution in [0.2, 0.25) is 13.1 Å². The normalized spacial score (nSPS) is 16.7.